The van der Waals surface area contributed by atoms with Crippen molar-refractivity contribution < 1.29 is 4.74 Å². The van der Waals surface area contributed by atoms with Crippen LogP contribution < -0.4 is 15.4 Å². The van der Waals surface area contributed by atoms with Crippen LogP contribution in [0.5, 0.6) is 11.5 Å². The molecule has 20 heavy (non-hydrogen) atoms. The van der Waals surface area contributed by atoms with Crippen LogP contribution in [0.1, 0.15) is 24.4 Å². The minimum absolute atomic E-state index is 0.273. The van der Waals surface area contributed by atoms with Crippen molar-refractivity contribution in [1.29, 1.82) is 0 Å². The number of nitrogens with zero attached hydrogens (tertiary/aromatic N) is 1. The fourth-order valence-corrected chi connectivity index (χ4v) is 3.32. The van der Waals surface area contributed by atoms with Gasteiger partial charge in [0.25, 0.3) is 0 Å². The van der Waals surface area contributed by atoms with Crippen molar-refractivity contribution in [3.8, 4) is 11.5 Å². The van der Waals surface area contributed by atoms with Gasteiger partial charge in [-0.15, -0.1) is 0 Å². The Kier molecular flexibility index (Phi) is 2.67. The lowest BCUT2D eigenvalue weighted by Gasteiger charge is -2.39. The van der Waals surface area contributed by atoms with Gasteiger partial charge in [-0.2, -0.15) is 0 Å². The highest BCUT2D eigenvalue weighted by Gasteiger charge is 2.33. The molecule has 2 aromatic rings. The number of anilines is 1. The Hall–Kier alpha value is -2.00. The predicted molar refractivity (Wildman–Crippen MR) is 80.3 cm³/mol. The van der Waals surface area contributed by atoms with Crippen LogP contribution in [0.25, 0.3) is 0 Å². The van der Waals surface area contributed by atoms with Crippen LogP contribution in [-0.4, -0.2) is 12.6 Å². The van der Waals surface area contributed by atoms with Crippen molar-refractivity contribution in [2.24, 2.45) is 5.73 Å². The molecule has 2 heterocycles. The maximum absolute atomic E-state index is 6.20. The second-order valence-electron chi connectivity index (χ2n) is 5.60. The molecule has 3 nitrogen and oxygen atoms in total. The van der Waals surface area contributed by atoms with Gasteiger partial charge < -0.3 is 15.4 Å². The fraction of sp³-hybridized carbons (Fsp3) is 0.294. The molecule has 4 rings (SSSR count). The van der Waals surface area contributed by atoms with E-state index in [9.17, 15) is 0 Å². The average Bonchev–Trinajstić information content (AvgIpc) is 2.61. The van der Waals surface area contributed by atoms with Gasteiger partial charge in [0, 0.05) is 18.2 Å². The highest BCUT2D eigenvalue weighted by atomic mass is 16.5. The Labute approximate surface area is 119 Å². The molecule has 1 fully saturated rings. The first-order chi connectivity index (χ1) is 9.83. The van der Waals surface area contributed by atoms with Crippen LogP contribution in [0.15, 0.2) is 48.5 Å². The summed E-state index contributed by atoms with van der Waals surface area (Å²) in [5, 5.41) is 0. The van der Waals surface area contributed by atoms with Gasteiger partial charge in [0.2, 0.25) is 0 Å². The summed E-state index contributed by atoms with van der Waals surface area (Å²) in [5.41, 5.74) is 8.63. The van der Waals surface area contributed by atoms with Gasteiger partial charge in [-0.05, 0) is 31.0 Å². The zero-order valence-electron chi connectivity index (χ0n) is 11.3. The van der Waals surface area contributed by atoms with E-state index in [1.165, 1.54) is 11.3 Å². The van der Waals surface area contributed by atoms with E-state index >= 15 is 0 Å². The molecule has 0 saturated carbocycles. The second-order valence-corrected chi connectivity index (χ2v) is 5.60. The molecule has 0 bridgehead atoms. The largest absolute Gasteiger partial charge is 0.455 e. The standard InChI is InChI=1S/C17H18N2O/c18-12-9-10-19-14-6-2-4-8-17(14)20-16-7-3-1-5-13(16)15(19)11-12/h1-8,12,15H,9-11,18H2/t12-,15-/m0/s1. The maximum atomic E-state index is 6.20. The summed E-state index contributed by atoms with van der Waals surface area (Å²) in [7, 11) is 0. The van der Waals surface area contributed by atoms with E-state index in [-0.39, 0.29) is 6.04 Å². The van der Waals surface area contributed by atoms with Gasteiger partial charge in [0.15, 0.2) is 5.75 Å². The van der Waals surface area contributed by atoms with Crippen molar-refractivity contribution in [3.63, 3.8) is 0 Å². The number of rotatable bonds is 0. The van der Waals surface area contributed by atoms with E-state index in [1.807, 2.05) is 18.2 Å². The third-order valence-electron chi connectivity index (χ3n) is 4.32. The van der Waals surface area contributed by atoms with Gasteiger partial charge in [-0.1, -0.05) is 30.3 Å². The van der Waals surface area contributed by atoms with Gasteiger partial charge >= 0.3 is 0 Å². The van der Waals surface area contributed by atoms with Crippen LogP contribution in [0.4, 0.5) is 5.69 Å². The van der Waals surface area contributed by atoms with Crippen molar-refractivity contribution in [3.05, 3.63) is 54.1 Å². The molecular weight excluding hydrogens is 248 g/mol. The number of nitrogens with two attached hydrogens (primary N) is 1. The highest BCUT2D eigenvalue weighted by Crippen LogP contribution is 2.46. The van der Waals surface area contributed by atoms with Crippen LogP contribution in [0.3, 0.4) is 0 Å². The molecule has 0 aliphatic carbocycles. The van der Waals surface area contributed by atoms with E-state index in [0.29, 0.717) is 6.04 Å². The number of piperidine rings is 1. The minimum Gasteiger partial charge on any atom is -0.455 e. The number of hydrogen-bond acceptors (Lipinski definition) is 3. The quantitative estimate of drug-likeness (QED) is 0.793. The molecule has 0 spiro atoms. The molecule has 0 aromatic heterocycles. The number of fused-ring (bicyclic) bond motifs is 5. The Bertz CT molecular complexity index is 640. The van der Waals surface area contributed by atoms with Crippen molar-refractivity contribution in [2.75, 3.05) is 11.4 Å². The zero-order chi connectivity index (χ0) is 13.5. The van der Waals surface area contributed by atoms with Crippen LogP contribution in [0.2, 0.25) is 0 Å². The normalized spacial score (nSPS) is 23.9. The minimum atomic E-state index is 0.273. The SMILES string of the molecule is N[C@H]1CCN2c3ccccc3Oc3ccccc3[C@@H]2C1. The van der Waals surface area contributed by atoms with Gasteiger partial charge in [-0.3, -0.25) is 0 Å². The van der Waals surface area contributed by atoms with E-state index in [1.54, 1.807) is 0 Å². The molecule has 0 amide bonds. The van der Waals surface area contributed by atoms with Gasteiger partial charge in [0.1, 0.15) is 5.75 Å². The third-order valence-corrected chi connectivity index (χ3v) is 4.32. The molecule has 102 valence electrons. The summed E-state index contributed by atoms with van der Waals surface area (Å²) >= 11 is 0. The van der Waals surface area contributed by atoms with Crippen molar-refractivity contribution in [1.82, 2.24) is 0 Å². The average molecular weight is 266 g/mol. The monoisotopic (exact) mass is 266 g/mol. The molecule has 2 atom stereocenters. The number of benzene rings is 2. The van der Waals surface area contributed by atoms with Crippen LogP contribution >= 0.6 is 0 Å². The first-order valence-corrected chi connectivity index (χ1v) is 7.21. The fourth-order valence-electron chi connectivity index (χ4n) is 3.32. The molecular formula is C17H18N2O. The summed E-state index contributed by atoms with van der Waals surface area (Å²) < 4.78 is 6.15. The molecule has 0 unspecified atom stereocenters. The predicted octanol–water partition coefficient (Wildman–Crippen LogP) is 3.46. The lowest BCUT2D eigenvalue weighted by Crippen LogP contribution is -2.41. The highest BCUT2D eigenvalue weighted by molar-refractivity contribution is 5.64. The number of ether oxygens (including phenoxy) is 1. The summed E-state index contributed by atoms with van der Waals surface area (Å²) in [6.45, 7) is 0.987. The molecule has 1 saturated heterocycles. The lowest BCUT2D eigenvalue weighted by molar-refractivity contribution is 0.419. The van der Waals surface area contributed by atoms with E-state index < -0.39 is 0 Å². The smallest absolute Gasteiger partial charge is 0.150 e. The molecule has 2 aromatic carbocycles. The van der Waals surface area contributed by atoms with E-state index in [4.69, 9.17) is 10.5 Å². The topological polar surface area (TPSA) is 38.5 Å². The Morgan fingerprint density at radius 2 is 1.75 bits per heavy atom. The lowest BCUT2D eigenvalue weighted by atomic mass is 9.91. The Morgan fingerprint density at radius 3 is 2.65 bits per heavy atom. The summed E-state index contributed by atoms with van der Waals surface area (Å²) in [5.74, 6) is 1.90. The van der Waals surface area contributed by atoms with Crippen molar-refractivity contribution >= 4 is 5.69 Å². The third kappa shape index (κ3) is 1.78. The van der Waals surface area contributed by atoms with E-state index in [2.05, 4.69) is 35.2 Å². The second kappa shape index (κ2) is 4.53. The zero-order valence-corrected chi connectivity index (χ0v) is 11.3. The molecule has 0 radical (unpaired) electrons. The maximum Gasteiger partial charge on any atom is 0.150 e. The Morgan fingerprint density at radius 1 is 1.00 bits per heavy atom. The summed E-state index contributed by atoms with van der Waals surface area (Å²) in [4.78, 5) is 2.45. The van der Waals surface area contributed by atoms with Gasteiger partial charge in [-0.25, -0.2) is 0 Å². The Balaban J connectivity index is 1.90. The number of hydrogen-bond donors (Lipinski definition) is 1. The number of para-hydroxylation sites is 3. The van der Waals surface area contributed by atoms with Gasteiger partial charge in [0.05, 0.1) is 11.7 Å². The molecule has 2 aliphatic rings. The van der Waals surface area contributed by atoms with E-state index in [0.717, 1.165) is 30.9 Å². The summed E-state index contributed by atoms with van der Waals surface area (Å²) in [6.07, 6.45) is 2.02. The molecule has 2 aliphatic heterocycles. The first kappa shape index (κ1) is 11.8. The van der Waals surface area contributed by atoms with Crippen molar-refractivity contribution in [2.45, 2.75) is 24.9 Å². The van der Waals surface area contributed by atoms with Crippen LogP contribution in [0, 0.1) is 0 Å². The molecule has 2 N–H and O–H groups in total. The first-order valence-electron chi connectivity index (χ1n) is 7.21. The van der Waals surface area contributed by atoms with Crippen LogP contribution in [-0.2, 0) is 0 Å². The molecule has 3 heteroatoms. The summed E-state index contributed by atoms with van der Waals surface area (Å²) in [6, 6.07) is 17.2.